The monoisotopic (exact) mass is 331 g/mol. The van der Waals surface area contributed by atoms with Crippen molar-refractivity contribution >= 4 is 38.8 Å². The molecular weight excluding hydrogens is 322 g/mol. The van der Waals surface area contributed by atoms with E-state index in [1.807, 2.05) is 0 Å². The molecule has 9 heteroatoms. The molecule has 1 aromatic heterocycles. The Hall–Kier alpha value is -1.48. The van der Waals surface area contributed by atoms with E-state index in [0.717, 1.165) is 0 Å². The van der Waals surface area contributed by atoms with E-state index in [9.17, 15) is 8.42 Å². The number of nitrogens with one attached hydrogen (secondary N) is 1. The first-order valence-corrected chi connectivity index (χ1v) is 7.65. The average Bonchev–Trinajstić information content (AvgIpc) is 2.89. The maximum atomic E-state index is 12.1. The molecule has 0 radical (unpaired) electrons. The molecule has 0 saturated carbocycles. The van der Waals surface area contributed by atoms with E-state index in [1.165, 1.54) is 24.5 Å². The first kappa shape index (κ1) is 14.9. The molecule has 0 atom stereocenters. The second-order valence-corrected chi connectivity index (χ2v) is 6.44. The van der Waals surface area contributed by atoms with Gasteiger partial charge >= 0.3 is 0 Å². The molecule has 0 spiro atoms. The number of thiocarbonyl (C=S) groups is 1. The van der Waals surface area contributed by atoms with Crippen molar-refractivity contribution in [1.82, 2.24) is 9.88 Å². The Morgan fingerprint density at radius 1 is 1.45 bits per heavy atom. The standard InChI is InChI=1S/C11H10ClN3O3S2/c12-10-5-8(1-2-9(10)11(13)19)20(16,17)14-6-7-3-4-18-15-7/h1-5,14H,6H2,(H2,13,19). The molecule has 2 rings (SSSR count). The SMILES string of the molecule is NC(=S)c1ccc(S(=O)(=O)NCc2ccon2)cc1Cl. The molecule has 0 bridgehead atoms. The molecule has 0 unspecified atom stereocenters. The maximum absolute atomic E-state index is 12.1. The number of benzene rings is 1. The lowest BCUT2D eigenvalue weighted by Gasteiger charge is -2.07. The molecule has 0 aliphatic heterocycles. The Morgan fingerprint density at radius 3 is 2.75 bits per heavy atom. The van der Waals surface area contributed by atoms with Gasteiger partial charge in [-0.2, -0.15) is 0 Å². The molecule has 6 nitrogen and oxygen atoms in total. The Labute approximate surface area is 125 Å². The van der Waals surface area contributed by atoms with E-state index < -0.39 is 10.0 Å². The van der Waals surface area contributed by atoms with Crippen LogP contribution in [0.4, 0.5) is 0 Å². The van der Waals surface area contributed by atoms with Crippen LogP contribution in [0.3, 0.4) is 0 Å². The van der Waals surface area contributed by atoms with Gasteiger partial charge in [0.2, 0.25) is 10.0 Å². The number of hydrogen-bond acceptors (Lipinski definition) is 5. The minimum atomic E-state index is -3.70. The van der Waals surface area contributed by atoms with Crippen LogP contribution in [0.25, 0.3) is 0 Å². The van der Waals surface area contributed by atoms with Crippen LogP contribution in [0.15, 0.2) is 39.9 Å². The van der Waals surface area contributed by atoms with Crippen molar-refractivity contribution in [2.45, 2.75) is 11.4 Å². The number of sulfonamides is 1. The van der Waals surface area contributed by atoms with Crippen molar-refractivity contribution in [3.63, 3.8) is 0 Å². The first-order valence-electron chi connectivity index (χ1n) is 5.38. The quantitative estimate of drug-likeness (QED) is 0.804. The maximum Gasteiger partial charge on any atom is 0.240 e. The van der Waals surface area contributed by atoms with E-state index in [0.29, 0.717) is 11.3 Å². The van der Waals surface area contributed by atoms with Crippen molar-refractivity contribution in [3.05, 3.63) is 46.8 Å². The summed E-state index contributed by atoms with van der Waals surface area (Å²) in [6.45, 7) is 0.0213. The Balaban J connectivity index is 2.21. The topological polar surface area (TPSA) is 98.2 Å². The first-order chi connectivity index (χ1) is 9.40. The fourth-order valence-electron chi connectivity index (χ4n) is 1.44. The summed E-state index contributed by atoms with van der Waals surface area (Å²) in [6.07, 6.45) is 1.36. The van der Waals surface area contributed by atoms with Crippen LogP contribution in [-0.4, -0.2) is 18.6 Å². The van der Waals surface area contributed by atoms with Gasteiger partial charge in [-0.25, -0.2) is 13.1 Å². The fourth-order valence-corrected chi connectivity index (χ4v) is 3.05. The lowest BCUT2D eigenvalue weighted by molar-refractivity contribution is 0.411. The number of nitrogens with zero attached hydrogens (tertiary/aromatic N) is 1. The molecule has 0 aliphatic carbocycles. The van der Waals surface area contributed by atoms with Gasteiger partial charge in [0, 0.05) is 11.6 Å². The van der Waals surface area contributed by atoms with E-state index in [2.05, 4.69) is 14.4 Å². The predicted molar refractivity (Wildman–Crippen MR) is 77.9 cm³/mol. The van der Waals surface area contributed by atoms with Crippen molar-refractivity contribution in [2.24, 2.45) is 5.73 Å². The van der Waals surface area contributed by atoms with Gasteiger partial charge in [-0.3, -0.25) is 0 Å². The summed E-state index contributed by atoms with van der Waals surface area (Å²) >= 11 is 10.7. The molecule has 106 valence electrons. The number of hydrogen-bond donors (Lipinski definition) is 2. The zero-order valence-corrected chi connectivity index (χ0v) is 12.4. The largest absolute Gasteiger partial charge is 0.389 e. The number of nitrogens with two attached hydrogens (primary N) is 1. The Morgan fingerprint density at radius 2 is 2.20 bits per heavy atom. The molecular formula is C11H10ClN3O3S2. The summed E-state index contributed by atoms with van der Waals surface area (Å²) in [5.41, 5.74) is 6.36. The third kappa shape index (κ3) is 3.34. The van der Waals surface area contributed by atoms with Gasteiger partial charge in [0.15, 0.2) is 0 Å². The predicted octanol–water partition coefficient (Wildman–Crippen LogP) is 1.44. The number of halogens is 1. The molecule has 1 aromatic carbocycles. The highest BCUT2D eigenvalue weighted by Crippen LogP contribution is 2.20. The van der Waals surface area contributed by atoms with Gasteiger partial charge < -0.3 is 10.3 Å². The van der Waals surface area contributed by atoms with Crippen LogP contribution in [-0.2, 0) is 16.6 Å². The molecule has 0 saturated heterocycles. The third-order valence-corrected chi connectivity index (χ3v) is 4.38. The zero-order valence-electron chi connectivity index (χ0n) is 10.0. The molecule has 0 fully saturated rings. The van der Waals surface area contributed by atoms with Crippen LogP contribution in [0, 0.1) is 0 Å². The average molecular weight is 332 g/mol. The zero-order chi connectivity index (χ0) is 14.8. The Kier molecular flexibility index (Phi) is 4.39. The van der Waals surface area contributed by atoms with Gasteiger partial charge in [-0.05, 0) is 18.2 Å². The van der Waals surface area contributed by atoms with Gasteiger partial charge in [-0.1, -0.05) is 29.0 Å². The second-order valence-electron chi connectivity index (χ2n) is 3.82. The lowest BCUT2D eigenvalue weighted by Crippen LogP contribution is -2.23. The number of aromatic nitrogens is 1. The van der Waals surface area contributed by atoms with Gasteiger partial charge in [0.25, 0.3) is 0 Å². The molecule has 0 aliphatic rings. The minimum absolute atomic E-state index is 0.0194. The van der Waals surface area contributed by atoms with Crippen LogP contribution < -0.4 is 10.5 Å². The molecule has 3 N–H and O–H groups in total. The summed E-state index contributed by atoms with van der Waals surface area (Å²) < 4.78 is 31.1. The highest BCUT2D eigenvalue weighted by atomic mass is 35.5. The van der Waals surface area contributed by atoms with Gasteiger partial charge in [-0.15, -0.1) is 0 Å². The van der Waals surface area contributed by atoms with Crippen molar-refractivity contribution < 1.29 is 12.9 Å². The molecule has 0 amide bonds. The summed E-state index contributed by atoms with van der Waals surface area (Å²) in [7, 11) is -3.70. The van der Waals surface area contributed by atoms with E-state index in [1.54, 1.807) is 6.07 Å². The van der Waals surface area contributed by atoms with Crippen molar-refractivity contribution in [3.8, 4) is 0 Å². The highest BCUT2D eigenvalue weighted by Gasteiger charge is 2.16. The summed E-state index contributed by atoms with van der Waals surface area (Å²) in [4.78, 5) is 0.125. The summed E-state index contributed by atoms with van der Waals surface area (Å²) in [5.74, 6) is 0. The summed E-state index contributed by atoms with van der Waals surface area (Å²) in [6, 6.07) is 5.70. The van der Waals surface area contributed by atoms with E-state index in [4.69, 9.17) is 29.6 Å². The fraction of sp³-hybridized carbons (Fsp3) is 0.0909. The van der Waals surface area contributed by atoms with Crippen LogP contribution in [0.2, 0.25) is 5.02 Å². The Bertz CT molecular complexity index is 729. The van der Waals surface area contributed by atoms with Gasteiger partial charge in [0.1, 0.15) is 11.3 Å². The van der Waals surface area contributed by atoms with Crippen molar-refractivity contribution in [1.29, 1.82) is 0 Å². The normalized spacial score (nSPS) is 11.4. The second kappa shape index (κ2) is 5.88. The van der Waals surface area contributed by atoms with Gasteiger partial charge in [0.05, 0.1) is 22.2 Å². The molecule has 1 heterocycles. The highest BCUT2D eigenvalue weighted by molar-refractivity contribution is 7.89. The number of rotatable bonds is 5. The van der Waals surface area contributed by atoms with Crippen LogP contribution >= 0.6 is 23.8 Å². The van der Waals surface area contributed by atoms with Crippen LogP contribution in [0.5, 0.6) is 0 Å². The minimum Gasteiger partial charge on any atom is -0.389 e. The summed E-state index contributed by atoms with van der Waals surface area (Å²) in [5, 5.41) is 3.79. The van der Waals surface area contributed by atoms with E-state index in [-0.39, 0.29) is 21.5 Å². The molecule has 2 aromatic rings. The van der Waals surface area contributed by atoms with Crippen molar-refractivity contribution in [2.75, 3.05) is 0 Å². The molecule has 20 heavy (non-hydrogen) atoms. The van der Waals surface area contributed by atoms with Crippen LogP contribution in [0.1, 0.15) is 11.3 Å². The van der Waals surface area contributed by atoms with E-state index >= 15 is 0 Å². The third-order valence-electron chi connectivity index (χ3n) is 2.45. The smallest absolute Gasteiger partial charge is 0.240 e. The lowest BCUT2D eigenvalue weighted by atomic mass is 10.2.